The van der Waals surface area contributed by atoms with Gasteiger partial charge in [0.15, 0.2) is 0 Å². The standard InChI is InChI=1S/C17H11Cl2FN4O/c18-12-5-2-6-13(19)16(12)24-17(25)14-8-15(22-9-21-14)23-11-4-1-3-10(20)7-11/h1-9H,(H,24,25)(H,21,22,23). The van der Waals surface area contributed by atoms with Crippen LogP contribution in [-0.2, 0) is 0 Å². The van der Waals surface area contributed by atoms with Crippen LogP contribution in [0.2, 0.25) is 10.0 Å². The van der Waals surface area contributed by atoms with E-state index in [2.05, 4.69) is 20.6 Å². The molecule has 0 spiro atoms. The largest absolute Gasteiger partial charge is 0.340 e. The van der Waals surface area contributed by atoms with Crippen molar-refractivity contribution in [3.8, 4) is 0 Å². The molecule has 3 rings (SSSR count). The van der Waals surface area contributed by atoms with Crippen LogP contribution < -0.4 is 10.6 Å². The second kappa shape index (κ2) is 7.46. The summed E-state index contributed by atoms with van der Waals surface area (Å²) in [6.45, 7) is 0. The van der Waals surface area contributed by atoms with Gasteiger partial charge in [-0.05, 0) is 30.3 Å². The summed E-state index contributed by atoms with van der Waals surface area (Å²) in [6, 6.07) is 12.2. The summed E-state index contributed by atoms with van der Waals surface area (Å²) in [7, 11) is 0. The highest BCUT2D eigenvalue weighted by Gasteiger charge is 2.13. The number of nitrogens with one attached hydrogen (secondary N) is 2. The third kappa shape index (κ3) is 4.23. The van der Waals surface area contributed by atoms with Gasteiger partial charge in [0.25, 0.3) is 5.91 Å². The monoisotopic (exact) mass is 376 g/mol. The van der Waals surface area contributed by atoms with Crippen LogP contribution in [0.4, 0.5) is 21.6 Å². The Balaban J connectivity index is 1.80. The van der Waals surface area contributed by atoms with E-state index in [0.29, 0.717) is 27.2 Å². The molecule has 8 heteroatoms. The molecular weight excluding hydrogens is 366 g/mol. The predicted octanol–water partition coefficient (Wildman–Crippen LogP) is 4.92. The number of anilines is 3. The van der Waals surface area contributed by atoms with Crippen LogP contribution in [0.25, 0.3) is 0 Å². The maximum Gasteiger partial charge on any atom is 0.274 e. The third-order valence-corrected chi connectivity index (χ3v) is 3.83. The Hall–Kier alpha value is -2.70. The second-order valence-electron chi connectivity index (χ2n) is 4.97. The number of nitrogens with zero attached hydrogens (tertiary/aromatic N) is 2. The van der Waals surface area contributed by atoms with E-state index in [1.165, 1.54) is 24.5 Å². The van der Waals surface area contributed by atoms with Gasteiger partial charge in [-0.25, -0.2) is 14.4 Å². The molecule has 0 aliphatic rings. The Morgan fingerprint density at radius 2 is 1.72 bits per heavy atom. The number of aromatic nitrogens is 2. The predicted molar refractivity (Wildman–Crippen MR) is 96.1 cm³/mol. The lowest BCUT2D eigenvalue weighted by atomic mass is 10.3. The molecule has 0 bridgehead atoms. The average molecular weight is 377 g/mol. The molecule has 0 aliphatic carbocycles. The number of amides is 1. The number of hydrogen-bond donors (Lipinski definition) is 2. The minimum absolute atomic E-state index is 0.102. The minimum atomic E-state index is -0.500. The molecule has 1 heterocycles. The topological polar surface area (TPSA) is 66.9 Å². The fourth-order valence-electron chi connectivity index (χ4n) is 2.06. The number of rotatable bonds is 4. The first kappa shape index (κ1) is 17.1. The zero-order valence-electron chi connectivity index (χ0n) is 12.6. The molecule has 126 valence electrons. The fourth-order valence-corrected chi connectivity index (χ4v) is 2.55. The van der Waals surface area contributed by atoms with Gasteiger partial charge in [-0.2, -0.15) is 0 Å². The summed E-state index contributed by atoms with van der Waals surface area (Å²) < 4.78 is 13.2. The van der Waals surface area contributed by atoms with Crippen molar-refractivity contribution in [1.82, 2.24) is 9.97 Å². The maximum atomic E-state index is 13.2. The SMILES string of the molecule is O=C(Nc1c(Cl)cccc1Cl)c1cc(Nc2cccc(F)c2)ncn1. The summed E-state index contributed by atoms with van der Waals surface area (Å²) in [5, 5.41) is 6.14. The van der Waals surface area contributed by atoms with Crippen LogP contribution in [0.5, 0.6) is 0 Å². The van der Waals surface area contributed by atoms with Crippen LogP contribution >= 0.6 is 23.2 Å². The van der Waals surface area contributed by atoms with Gasteiger partial charge in [0, 0.05) is 11.8 Å². The molecule has 0 radical (unpaired) electrons. The van der Waals surface area contributed by atoms with Crippen molar-refractivity contribution >= 4 is 46.3 Å². The molecule has 2 N–H and O–H groups in total. The Morgan fingerprint density at radius 1 is 1.00 bits per heavy atom. The van der Waals surface area contributed by atoms with Gasteiger partial charge in [0.05, 0.1) is 15.7 Å². The van der Waals surface area contributed by atoms with Gasteiger partial charge in [0.1, 0.15) is 23.7 Å². The van der Waals surface area contributed by atoms with Gasteiger partial charge in [-0.15, -0.1) is 0 Å². The molecule has 1 amide bonds. The van der Waals surface area contributed by atoms with E-state index in [4.69, 9.17) is 23.2 Å². The second-order valence-corrected chi connectivity index (χ2v) is 5.79. The summed E-state index contributed by atoms with van der Waals surface area (Å²) in [4.78, 5) is 20.3. The molecule has 0 fully saturated rings. The number of carbonyl (C=O) groups excluding carboxylic acids is 1. The third-order valence-electron chi connectivity index (χ3n) is 3.20. The molecule has 2 aromatic carbocycles. The van der Waals surface area contributed by atoms with Crippen LogP contribution in [-0.4, -0.2) is 15.9 Å². The minimum Gasteiger partial charge on any atom is -0.340 e. The van der Waals surface area contributed by atoms with Gasteiger partial charge >= 0.3 is 0 Å². The Morgan fingerprint density at radius 3 is 2.44 bits per heavy atom. The van der Waals surface area contributed by atoms with Crippen molar-refractivity contribution in [2.75, 3.05) is 10.6 Å². The molecule has 0 atom stereocenters. The van der Waals surface area contributed by atoms with Crippen LogP contribution in [0, 0.1) is 5.82 Å². The fraction of sp³-hybridized carbons (Fsp3) is 0. The zero-order valence-corrected chi connectivity index (χ0v) is 14.1. The van der Waals surface area contributed by atoms with Crippen LogP contribution in [0.3, 0.4) is 0 Å². The van der Waals surface area contributed by atoms with E-state index in [1.54, 1.807) is 30.3 Å². The normalized spacial score (nSPS) is 10.4. The summed E-state index contributed by atoms with van der Waals surface area (Å²) in [5.74, 6) is -0.541. The van der Waals surface area contributed by atoms with Gasteiger partial charge in [-0.3, -0.25) is 4.79 Å². The molecule has 25 heavy (non-hydrogen) atoms. The molecule has 0 saturated carbocycles. The first-order chi connectivity index (χ1) is 12.0. The van der Waals surface area contributed by atoms with Crippen molar-refractivity contribution in [3.63, 3.8) is 0 Å². The average Bonchev–Trinajstić information content (AvgIpc) is 2.58. The van der Waals surface area contributed by atoms with Gasteiger partial charge in [-0.1, -0.05) is 35.3 Å². The first-order valence-electron chi connectivity index (χ1n) is 7.13. The first-order valence-corrected chi connectivity index (χ1v) is 7.88. The van der Waals surface area contributed by atoms with Crippen molar-refractivity contribution in [3.05, 3.63) is 76.4 Å². The Bertz CT molecular complexity index is 916. The Kier molecular flexibility index (Phi) is 5.11. The summed E-state index contributed by atoms with van der Waals surface area (Å²) in [6.07, 6.45) is 1.23. The molecule has 5 nitrogen and oxygen atoms in total. The highest BCUT2D eigenvalue weighted by atomic mass is 35.5. The lowest BCUT2D eigenvalue weighted by Gasteiger charge is -2.10. The van der Waals surface area contributed by atoms with Gasteiger partial charge < -0.3 is 10.6 Å². The highest BCUT2D eigenvalue weighted by molar-refractivity contribution is 6.40. The van der Waals surface area contributed by atoms with Crippen LogP contribution in [0.1, 0.15) is 10.5 Å². The molecule has 3 aromatic rings. The summed E-state index contributed by atoms with van der Waals surface area (Å²) >= 11 is 12.1. The van der Waals surface area contributed by atoms with Gasteiger partial charge in [0.2, 0.25) is 0 Å². The number of para-hydroxylation sites is 1. The van der Waals surface area contributed by atoms with E-state index in [0.717, 1.165) is 0 Å². The zero-order chi connectivity index (χ0) is 17.8. The maximum absolute atomic E-state index is 13.2. The lowest BCUT2D eigenvalue weighted by Crippen LogP contribution is -2.15. The van der Waals surface area contributed by atoms with Crippen LogP contribution in [0.15, 0.2) is 54.9 Å². The van der Waals surface area contributed by atoms with E-state index >= 15 is 0 Å². The van der Waals surface area contributed by atoms with E-state index in [-0.39, 0.29) is 11.5 Å². The number of benzene rings is 2. The smallest absolute Gasteiger partial charge is 0.274 e. The van der Waals surface area contributed by atoms with E-state index < -0.39 is 5.91 Å². The van der Waals surface area contributed by atoms with Crippen molar-refractivity contribution in [2.45, 2.75) is 0 Å². The van der Waals surface area contributed by atoms with Crippen molar-refractivity contribution < 1.29 is 9.18 Å². The van der Waals surface area contributed by atoms with Crippen molar-refractivity contribution in [2.24, 2.45) is 0 Å². The molecule has 0 unspecified atom stereocenters. The van der Waals surface area contributed by atoms with Crippen molar-refractivity contribution in [1.29, 1.82) is 0 Å². The quantitative estimate of drug-likeness (QED) is 0.678. The summed E-state index contributed by atoms with van der Waals surface area (Å²) in [5.41, 5.74) is 0.901. The van der Waals surface area contributed by atoms with E-state index in [1.807, 2.05) is 0 Å². The molecule has 1 aromatic heterocycles. The lowest BCUT2D eigenvalue weighted by molar-refractivity contribution is 0.102. The number of halogens is 3. The number of carbonyl (C=O) groups is 1. The van der Waals surface area contributed by atoms with E-state index in [9.17, 15) is 9.18 Å². The highest BCUT2D eigenvalue weighted by Crippen LogP contribution is 2.30. The molecular formula is C17H11Cl2FN4O. The molecule has 0 saturated heterocycles. The Labute approximate surface area is 152 Å². The molecule has 0 aliphatic heterocycles. The number of hydrogen-bond acceptors (Lipinski definition) is 4.